The zero-order valence-electron chi connectivity index (χ0n) is 8.66. The van der Waals surface area contributed by atoms with Crippen LogP contribution >= 0.6 is 0 Å². The highest BCUT2D eigenvalue weighted by Gasteiger charge is 2.15. The maximum Gasteiger partial charge on any atom is 0.00392 e. The van der Waals surface area contributed by atoms with Crippen molar-refractivity contribution in [2.45, 2.75) is 19.3 Å². The number of allylic oxidation sites excluding steroid dienone is 1. The summed E-state index contributed by atoms with van der Waals surface area (Å²) in [6.45, 7) is 4.33. The Labute approximate surface area is 85.8 Å². The quantitative estimate of drug-likeness (QED) is 0.715. The van der Waals surface area contributed by atoms with Crippen molar-refractivity contribution in [3.8, 4) is 0 Å². The Morgan fingerprint density at radius 1 is 1.29 bits per heavy atom. The van der Waals surface area contributed by atoms with Gasteiger partial charge in [0.15, 0.2) is 0 Å². The molecule has 0 spiro atoms. The number of benzene rings is 1. The van der Waals surface area contributed by atoms with Gasteiger partial charge in [-0.25, -0.2) is 0 Å². The second-order valence-corrected chi connectivity index (χ2v) is 3.74. The fourth-order valence-corrected chi connectivity index (χ4v) is 2.01. The summed E-state index contributed by atoms with van der Waals surface area (Å²) < 4.78 is 0. The van der Waals surface area contributed by atoms with Crippen molar-refractivity contribution in [3.63, 3.8) is 0 Å². The highest BCUT2D eigenvalue weighted by Crippen LogP contribution is 2.31. The van der Waals surface area contributed by atoms with Crippen LogP contribution in [0.5, 0.6) is 0 Å². The van der Waals surface area contributed by atoms with Gasteiger partial charge in [-0.1, -0.05) is 43.3 Å². The van der Waals surface area contributed by atoms with E-state index >= 15 is 0 Å². The zero-order chi connectivity index (χ0) is 9.80. The van der Waals surface area contributed by atoms with E-state index in [0.29, 0.717) is 5.92 Å². The molecule has 1 heteroatoms. The highest BCUT2D eigenvalue weighted by atomic mass is 14.8. The van der Waals surface area contributed by atoms with Crippen LogP contribution < -0.4 is 5.32 Å². The molecule has 1 aromatic carbocycles. The summed E-state index contributed by atoms with van der Waals surface area (Å²) in [6.07, 6.45) is 5.77. The topological polar surface area (TPSA) is 12.0 Å². The number of hydrogen-bond acceptors (Lipinski definition) is 1. The molecular formula is C13H17N. The van der Waals surface area contributed by atoms with E-state index in [-0.39, 0.29) is 0 Å². The van der Waals surface area contributed by atoms with Gasteiger partial charge in [0.1, 0.15) is 0 Å². The Morgan fingerprint density at radius 3 is 3.00 bits per heavy atom. The first-order valence-corrected chi connectivity index (χ1v) is 5.39. The van der Waals surface area contributed by atoms with Gasteiger partial charge in [0.05, 0.1) is 0 Å². The third kappa shape index (κ3) is 1.88. The van der Waals surface area contributed by atoms with Crippen LogP contribution in [-0.4, -0.2) is 13.1 Å². The van der Waals surface area contributed by atoms with Gasteiger partial charge in [-0.3, -0.25) is 0 Å². The fraction of sp³-hybridized carbons (Fsp3) is 0.385. The van der Waals surface area contributed by atoms with E-state index in [1.165, 1.54) is 17.5 Å². The molecule has 0 heterocycles. The van der Waals surface area contributed by atoms with E-state index in [9.17, 15) is 0 Å². The molecule has 14 heavy (non-hydrogen) atoms. The summed E-state index contributed by atoms with van der Waals surface area (Å²) >= 11 is 0. The molecule has 74 valence electrons. The van der Waals surface area contributed by atoms with Gasteiger partial charge in [-0.2, -0.15) is 0 Å². The minimum atomic E-state index is 0.630. The summed E-state index contributed by atoms with van der Waals surface area (Å²) in [5, 5.41) is 3.37. The largest absolute Gasteiger partial charge is 0.317 e. The third-order valence-corrected chi connectivity index (χ3v) is 2.79. The van der Waals surface area contributed by atoms with Crippen molar-refractivity contribution < 1.29 is 0 Å². The van der Waals surface area contributed by atoms with E-state index < -0.39 is 0 Å². The molecule has 0 saturated carbocycles. The van der Waals surface area contributed by atoms with Crippen LogP contribution in [0.15, 0.2) is 30.3 Å². The van der Waals surface area contributed by atoms with Crippen LogP contribution in [-0.2, 0) is 0 Å². The average molecular weight is 187 g/mol. The number of nitrogens with one attached hydrogen (secondary N) is 1. The van der Waals surface area contributed by atoms with Crippen molar-refractivity contribution >= 4 is 6.08 Å². The molecule has 1 aromatic rings. The third-order valence-electron chi connectivity index (χ3n) is 2.79. The molecule has 1 unspecified atom stereocenters. The molecule has 1 aliphatic rings. The van der Waals surface area contributed by atoms with Crippen LogP contribution in [0, 0.1) is 0 Å². The molecule has 0 radical (unpaired) electrons. The molecule has 0 fully saturated rings. The Kier molecular flexibility index (Phi) is 3.00. The maximum atomic E-state index is 3.37. The van der Waals surface area contributed by atoms with Gasteiger partial charge in [-0.15, -0.1) is 0 Å². The van der Waals surface area contributed by atoms with Crippen LogP contribution in [0.1, 0.15) is 30.4 Å². The Balaban J connectivity index is 2.00. The normalized spacial score (nSPS) is 18.5. The van der Waals surface area contributed by atoms with Crippen LogP contribution in [0.25, 0.3) is 6.08 Å². The van der Waals surface area contributed by atoms with Gasteiger partial charge < -0.3 is 5.32 Å². The molecule has 1 nitrogen and oxygen atoms in total. The van der Waals surface area contributed by atoms with Gasteiger partial charge in [0.2, 0.25) is 0 Å². The lowest BCUT2D eigenvalue weighted by Crippen LogP contribution is -2.15. The summed E-state index contributed by atoms with van der Waals surface area (Å²) in [5.41, 5.74) is 2.89. The molecule has 0 aliphatic heterocycles. The van der Waals surface area contributed by atoms with Gasteiger partial charge in [0, 0.05) is 5.92 Å². The number of rotatable bonds is 4. The SMILES string of the molecule is CCNCCC1C=Cc2ccccc21. The zero-order valence-corrected chi connectivity index (χ0v) is 8.66. The highest BCUT2D eigenvalue weighted by molar-refractivity contribution is 5.62. The standard InChI is InChI=1S/C13H17N/c1-2-14-10-9-12-8-7-11-5-3-4-6-13(11)12/h3-8,12,14H,2,9-10H2,1H3. The van der Waals surface area contributed by atoms with Crippen molar-refractivity contribution in [1.82, 2.24) is 5.32 Å². The molecule has 0 bridgehead atoms. The summed E-state index contributed by atoms with van der Waals surface area (Å²) in [6, 6.07) is 8.67. The first-order chi connectivity index (χ1) is 6.92. The van der Waals surface area contributed by atoms with Gasteiger partial charge in [0.25, 0.3) is 0 Å². The lowest BCUT2D eigenvalue weighted by atomic mass is 9.98. The fourth-order valence-electron chi connectivity index (χ4n) is 2.01. The minimum Gasteiger partial charge on any atom is -0.317 e. The van der Waals surface area contributed by atoms with E-state index in [2.05, 4.69) is 48.7 Å². The Bertz CT molecular complexity index is 328. The van der Waals surface area contributed by atoms with E-state index in [4.69, 9.17) is 0 Å². The molecule has 1 atom stereocenters. The molecule has 2 rings (SSSR count). The first-order valence-electron chi connectivity index (χ1n) is 5.39. The second-order valence-electron chi connectivity index (χ2n) is 3.74. The molecule has 1 aliphatic carbocycles. The summed E-state index contributed by atoms with van der Waals surface area (Å²) in [5.74, 6) is 0.630. The lowest BCUT2D eigenvalue weighted by molar-refractivity contribution is 0.641. The maximum absolute atomic E-state index is 3.37. The minimum absolute atomic E-state index is 0.630. The van der Waals surface area contributed by atoms with E-state index in [1.54, 1.807) is 0 Å². The smallest absolute Gasteiger partial charge is 0.00392 e. The van der Waals surface area contributed by atoms with Crippen molar-refractivity contribution in [1.29, 1.82) is 0 Å². The van der Waals surface area contributed by atoms with Gasteiger partial charge in [-0.05, 0) is 30.6 Å². The Morgan fingerprint density at radius 2 is 2.14 bits per heavy atom. The van der Waals surface area contributed by atoms with Crippen LogP contribution in [0.2, 0.25) is 0 Å². The first kappa shape index (κ1) is 9.47. The average Bonchev–Trinajstić information content (AvgIpc) is 2.63. The predicted molar refractivity (Wildman–Crippen MR) is 61.4 cm³/mol. The van der Waals surface area contributed by atoms with E-state index in [0.717, 1.165) is 13.1 Å². The van der Waals surface area contributed by atoms with Gasteiger partial charge >= 0.3 is 0 Å². The monoisotopic (exact) mass is 187 g/mol. The molecular weight excluding hydrogens is 170 g/mol. The molecule has 0 aromatic heterocycles. The van der Waals surface area contributed by atoms with Crippen LogP contribution in [0.4, 0.5) is 0 Å². The van der Waals surface area contributed by atoms with Crippen molar-refractivity contribution in [2.24, 2.45) is 0 Å². The summed E-state index contributed by atoms with van der Waals surface area (Å²) in [7, 11) is 0. The number of hydrogen-bond donors (Lipinski definition) is 1. The van der Waals surface area contributed by atoms with Crippen LogP contribution in [0.3, 0.4) is 0 Å². The second kappa shape index (κ2) is 4.43. The Hall–Kier alpha value is -1.08. The predicted octanol–water partition coefficient (Wildman–Crippen LogP) is 2.80. The van der Waals surface area contributed by atoms with E-state index in [1.807, 2.05) is 0 Å². The van der Waals surface area contributed by atoms with Crippen molar-refractivity contribution in [2.75, 3.05) is 13.1 Å². The molecule has 0 saturated heterocycles. The number of fused-ring (bicyclic) bond motifs is 1. The lowest BCUT2D eigenvalue weighted by Gasteiger charge is -2.10. The van der Waals surface area contributed by atoms with Crippen molar-refractivity contribution in [3.05, 3.63) is 41.5 Å². The molecule has 1 N–H and O–H groups in total. The molecule has 0 amide bonds. The summed E-state index contributed by atoms with van der Waals surface area (Å²) in [4.78, 5) is 0.